The van der Waals surface area contributed by atoms with Crippen molar-refractivity contribution in [2.45, 2.75) is 19.4 Å². The van der Waals surface area contributed by atoms with Crippen LogP contribution in [0.3, 0.4) is 0 Å². The van der Waals surface area contributed by atoms with Gasteiger partial charge in [-0.3, -0.25) is 9.59 Å². The Balaban J connectivity index is 1.42. The number of ether oxygens (including phenoxy) is 1. The number of carbonyl (C=O) groups is 2. The number of carbonyl (C=O) groups excluding carboxylic acids is 2. The Hall–Kier alpha value is -2.71. The van der Waals surface area contributed by atoms with E-state index >= 15 is 0 Å². The summed E-state index contributed by atoms with van der Waals surface area (Å²) in [6.07, 6.45) is 0.281. The summed E-state index contributed by atoms with van der Waals surface area (Å²) in [5.41, 5.74) is 0.765. The Morgan fingerprint density at radius 2 is 2.04 bits per heavy atom. The van der Waals surface area contributed by atoms with Crippen LogP contribution in [0.2, 0.25) is 5.02 Å². The fourth-order valence-corrected chi connectivity index (χ4v) is 3.21. The first kappa shape index (κ1) is 20.0. The van der Waals surface area contributed by atoms with Gasteiger partial charge in [0.2, 0.25) is 11.7 Å². The van der Waals surface area contributed by atoms with Crippen LogP contribution in [0.25, 0.3) is 11.4 Å². The average Bonchev–Trinajstić information content (AvgIpc) is 3.37. The lowest BCUT2D eigenvalue weighted by molar-refractivity contribution is -0.151. The molecular weight excluding hydrogens is 402 g/mol. The van der Waals surface area contributed by atoms with Gasteiger partial charge < -0.3 is 14.2 Å². The van der Waals surface area contributed by atoms with E-state index in [0.717, 1.165) is 10.4 Å². The van der Waals surface area contributed by atoms with Crippen molar-refractivity contribution in [2.24, 2.45) is 0 Å². The Kier molecular flexibility index (Phi) is 6.78. The number of hydrogen-bond donors (Lipinski definition) is 0. The topological polar surface area (TPSA) is 85.5 Å². The van der Waals surface area contributed by atoms with Gasteiger partial charge in [0.15, 0.2) is 6.61 Å². The van der Waals surface area contributed by atoms with Crippen LogP contribution in [0, 0.1) is 0 Å². The van der Waals surface area contributed by atoms with E-state index in [2.05, 4.69) is 10.1 Å². The SMILES string of the molecule is CN(Cc1cccs1)C(=O)COC(=O)CCc1nc(-c2ccc(Cl)cc2)no1. The molecule has 0 unspecified atom stereocenters. The van der Waals surface area contributed by atoms with Crippen LogP contribution in [-0.4, -0.2) is 40.6 Å². The van der Waals surface area contributed by atoms with Crippen LogP contribution in [0.4, 0.5) is 0 Å². The van der Waals surface area contributed by atoms with E-state index in [1.165, 1.54) is 4.90 Å². The van der Waals surface area contributed by atoms with E-state index in [-0.39, 0.29) is 25.4 Å². The van der Waals surface area contributed by atoms with Crippen LogP contribution in [0.15, 0.2) is 46.3 Å². The first-order valence-electron chi connectivity index (χ1n) is 8.52. The molecule has 146 valence electrons. The van der Waals surface area contributed by atoms with Gasteiger partial charge in [-0.1, -0.05) is 22.8 Å². The van der Waals surface area contributed by atoms with Crippen molar-refractivity contribution in [3.8, 4) is 11.4 Å². The van der Waals surface area contributed by atoms with Crippen molar-refractivity contribution in [2.75, 3.05) is 13.7 Å². The fraction of sp³-hybridized carbons (Fsp3) is 0.263. The summed E-state index contributed by atoms with van der Waals surface area (Å²) in [6, 6.07) is 10.9. The van der Waals surface area contributed by atoms with Gasteiger partial charge in [-0.15, -0.1) is 11.3 Å². The zero-order chi connectivity index (χ0) is 19.9. The molecule has 3 aromatic rings. The first-order chi connectivity index (χ1) is 13.5. The summed E-state index contributed by atoms with van der Waals surface area (Å²) < 4.78 is 10.2. The summed E-state index contributed by atoms with van der Waals surface area (Å²) in [6.45, 7) is 0.198. The number of nitrogens with zero attached hydrogens (tertiary/aromatic N) is 3. The Morgan fingerprint density at radius 3 is 2.75 bits per heavy atom. The van der Waals surface area contributed by atoms with Crippen molar-refractivity contribution in [3.63, 3.8) is 0 Å². The standard InChI is InChI=1S/C19H18ClN3O4S/c1-23(11-15-3-2-10-28-15)17(24)12-26-18(25)9-8-16-21-19(22-27-16)13-4-6-14(20)7-5-13/h2-7,10H,8-9,11-12H2,1H3. The van der Waals surface area contributed by atoms with Crippen LogP contribution in [-0.2, 0) is 27.3 Å². The molecule has 0 aliphatic rings. The fourth-order valence-electron chi connectivity index (χ4n) is 2.33. The molecule has 0 radical (unpaired) electrons. The number of esters is 1. The second kappa shape index (κ2) is 9.48. The number of aromatic nitrogens is 2. The lowest BCUT2D eigenvalue weighted by Gasteiger charge is -2.16. The quantitative estimate of drug-likeness (QED) is 0.519. The lowest BCUT2D eigenvalue weighted by atomic mass is 10.2. The molecule has 3 rings (SSSR count). The van der Waals surface area contributed by atoms with Crippen molar-refractivity contribution in [1.29, 1.82) is 0 Å². The van der Waals surface area contributed by atoms with Crippen molar-refractivity contribution in [1.82, 2.24) is 15.0 Å². The average molecular weight is 420 g/mol. The normalized spacial score (nSPS) is 10.6. The number of likely N-dealkylation sites (N-methyl/N-ethyl adjacent to an activating group) is 1. The highest BCUT2D eigenvalue weighted by Crippen LogP contribution is 2.19. The number of hydrogen-bond acceptors (Lipinski definition) is 7. The van der Waals surface area contributed by atoms with E-state index in [4.69, 9.17) is 20.9 Å². The van der Waals surface area contributed by atoms with Crippen molar-refractivity contribution in [3.05, 3.63) is 57.6 Å². The molecule has 0 aliphatic heterocycles. The third-order valence-electron chi connectivity index (χ3n) is 3.87. The molecule has 1 amide bonds. The molecule has 2 aromatic heterocycles. The highest BCUT2D eigenvalue weighted by atomic mass is 35.5. The lowest BCUT2D eigenvalue weighted by Crippen LogP contribution is -2.30. The maximum Gasteiger partial charge on any atom is 0.306 e. The second-order valence-corrected chi connectivity index (χ2v) is 7.48. The zero-order valence-corrected chi connectivity index (χ0v) is 16.7. The zero-order valence-electron chi connectivity index (χ0n) is 15.1. The predicted molar refractivity (Wildman–Crippen MR) is 105 cm³/mol. The molecule has 0 spiro atoms. The maximum absolute atomic E-state index is 12.0. The Labute approximate surface area is 170 Å². The summed E-state index contributed by atoms with van der Waals surface area (Å²) in [5.74, 6) is -0.0119. The van der Waals surface area contributed by atoms with E-state index in [0.29, 0.717) is 23.3 Å². The minimum Gasteiger partial charge on any atom is -0.456 e. The highest BCUT2D eigenvalue weighted by molar-refractivity contribution is 7.09. The Bertz CT molecular complexity index is 925. The second-order valence-electron chi connectivity index (χ2n) is 6.01. The van der Waals surface area contributed by atoms with Gasteiger partial charge in [-0.25, -0.2) is 0 Å². The number of benzene rings is 1. The molecule has 0 saturated carbocycles. The predicted octanol–water partition coefficient (Wildman–Crippen LogP) is 3.59. The minimum absolute atomic E-state index is 0.0458. The molecule has 2 heterocycles. The monoisotopic (exact) mass is 419 g/mol. The van der Waals surface area contributed by atoms with Gasteiger partial charge in [0.05, 0.1) is 13.0 Å². The van der Waals surface area contributed by atoms with Crippen LogP contribution in [0.5, 0.6) is 0 Å². The van der Waals surface area contributed by atoms with Gasteiger partial charge in [0, 0.05) is 28.9 Å². The molecule has 0 N–H and O–H groups in total. The summed E-state index contributed by atoms with van der Waals surface area (Å²) in [4.78, 5) is 30.7. The summed E-state index contributed by atoms with van der Waals surface area (Å²) in [5, 5.41) is 6.45. The van der Waals surface area contributed by atoms with Gasteiger partial charge >= 0.3 is 5.97 Å². The molecule has 0 atom stereocenters. The molecule has 7 nitrogen and oxygen atoms in total. The van der Waals surface area contributed by atoms with Crippen LogP contribution in [0.1, 0.15) is 17.2 Å². The molecule has 9 heteroatoms. The largest absolute Gasteiger partial charge is 0.456 e. The van der Waals surface area contributed by atoms with Gasteiger partial charge in [0.25, 0.3) is 5.91 Å². The number of thiophene rings is 1. The molecule has 28 heavy (non-hydrogen) atoms. The van der Waals surface area contributed by atoms with Gasteiger partial charge in [-0.05, 0) is 35.7 Å². The molecule has 0 saturated heterocycles. The third-order valence-corrected chi connectivity index (χ3v) is 4.98. The molecular formula is C19H18ClN3O4S. The van der Waals surface area contributed by atoms with Gasteiger partial charge in [0.1, 0.15) is 0 Å². The number of rotatable bonds is 8. The molecule has 1 aromatic carbocycles. The van der Waals surface area contributed by atoms with Crippen molar-refractivity contribution < 1.29 is 18.8 Å². The van der Waals surface area contributed by atoms with E-state index < -0.39 is 5.97 Å². The Morgan fingerprint density at radius 1 is 1.25 bits per heavy atom. The summed E-state index contributed by atoms with van der Waals surface area (Å²) in [7, 11) is 1.67. The van der Waals surface area contributed by atoms with E-state index in [1.54, 1.807) is 42.6 Å². The van der Waals surface area contributed by atoms with Crippen LogP contribution < -0.4 is 0 Å². The third kappa shape index (κ3) is 5.64. The molecule has 0 aliphatic carbocycles. The van der Waals surface area contributed by atoms with Gasteiger partial charge in [-0.2, -0.15) is 4.98 Å². The number of halogens is 1. The van der Waals surface area contributed by atoms with Crippen molar-refractivity contribution >= 4 is 34.8 Å². The molecule has 0 bridgehead atoms. The first-order valence-corrected chi connectivity index (χ1v) is 9.77. The minimum atomic E-state index is -0.496. The summed E-state index contributed by atoms with van der Waals surface area (Å²) >= 11 is 7.42. The number of amides is 1. The number of aryl methyl sites for hydroxylation is 1. The maximum atomic E-state index is 12.0. The molecule has 0 fully saturated rings. The highest BCUT2D eigenvalue weighted by Gasteiger charge is 2.15. The smallest absolute Gasteiger partial charge is 0.306 e. The van der Waals surface area contributed by atoms with Crippen LogP contribution >= 0.6 is 22.9 Å². The van der Waals surface area contributed by atoms with E-state index in [9.17, 15) is 9.59 Å². The van der Waals surface area contributed by atoms with E-state index in [1.807, 2.05) is 17.5 Å².